The summed E-state index contributed by atoms with van der Waals surface area (Å²) in [5, 5.41) is 3.60. The zero-order valence-electron chi connectivity index (χ0n) is 16.1. The van der Waals surface area contributed by atoms with Crippen molar-refractivity contribution in [2.24, 2.45) is 10.9 Å². The van der Waals surface area contributed by atoms with Gasteiger partial charge in [0.2, 0.25) is 0 Å². The molecule has 146 valence electrons. The standard InChI is InChI=1S/C20H32N4O.HI/c1-21-20(22-16-17-8-12-23(2)13-9-17)24-14-10-19(11-15-24)25-18-6-4-3-5-7-18;/h3-7,17,19H,8-16H2,1-2H3,(H,21,22);1H. The Hall–Kier alpha value is -1.02. The summed E-state index contributed by atoms with van der Waals surface area (Å²) in [7, 11) is 4.10. The topological polar surface area (TPSA) is 40.1 Å². The summed E-state index contributed by atoms with van der Waals surface area (Å²) in [6.45, 7) is 5.48. The van der Waals surface area contributed by atoms with Crippen LogP contribution in [-0.2, 0) is 0 Å². The molecule has 2 saturated heterocycles. The average Bonchev–Trinajstić information content (AvgIpc) is 2.66. The molecule has 1 aromatic rings. The van der Waals surface area contributed by atoms with E-state index in [1.54, 1.807) is 0 Å². The number of aliphatic imine (C=N–C) groups is 1. The minimum absolute atomic E-state index is 0. The SMILES string of the molecule is CN=C(NCC1CCN(C)CC1)N1CCC(Oc2ccccc2)CC1.I. The molecule has 2 heterocycles. The summed E-state index contributed by atoms with van der Waals surface area (Å²) >= 11 is 0. The van der Waals surface area contributed by atoms with E-state index in [0.717, 1.165) is 50.1 Å². The van der Waals surface area contributed by atoms with Crippen LogP contribution in [0.3, 0.4) is 0 Å². The molecule has 6 heteroatoms. The fraction of sp³-hybridized carbons (Fsp3) is 0.650. The Bertz CT molecular complexity index is 538. The van der Waals surface area contributed by atoms with Crippen LogP contribution in [0.1, 0.15) is 25.7 Å². The molecule has 26 heavy (non-hydrogen) atoms. The highest BCUT2D eigenvalue weighted by Gasteiger charge is 2.23. The van der Waals surface area contributed by atoms with E-state index in [0.29, 0.717) is 6.10 Å². The molecule has 0 saturated carbocycles. The predicted molar refractivity (Wildman–Crippen MR) is 119 cm³/mol. The molecule has 2 fully saturated rings. The van der Waals surface area contributed by atoms with Crippen molar-refractivity contribution in [3.8, 4) is 5.75 Å². The number of para-hydroxylation sites is 1. The van der Waals surface area contributed by atoms with Crippen LogP contribution in [0.5, 0.6) is 5.75 Å². The first-order chi connectivity index (χ1) is 12.2. The van der Waals surface area contributed by atoms with Gasteiger partial charge in [0.1, 0.15) is 11.9 Å². The fourth-order valence-corrected chi connectivity index (χ4v) is 3.71. The molecule has 0 amide bonds. The van der Waals surface area contributed by atoms with Crippen LogP contribution in [-0.4, -0.2) is 68.7 Å². The second-order valence-electron chi connectivity index (χ2n) is 7.29. The molecule has 0 aromatic heterocycles. The lowest BCUT2D eigenvalue weighted by Crippen LogP contribution is -2.49. The number of likely N-dealkylation sites (tertiary alicyclic amines) is 2. The number of benzene rings is 1. The second-order valence-corrected chi connectivity index (χ2v) is 7.29. The zero-order chi connectivity index (χ0) is 17.5. The Morgan fingerprint density at radius 2 is 1.73 bits per heavy atom. The lowest BCUT2D eigenvalue weighted by atomic mass is 9.97. The van der Waals surface area contributed by atoms with Crippen LogP contribution >= 0.6 is 24.0 Å². The van der Waals surface area contributed by atoms with Crippen LogP contribution in [0.4, 0.5) is 0 Å². The molecule has 0 aliphatic carbocycles. The molecule has 0 bridgehead atoms. The third kappa shape index (κ3) is 6.30. The first-order valence-corrected chi connectivity index (χ1v) is 9.60. The van der Waals surface area contributed by atoms with Gasteiger partial charge in [-0.1, -0.05) is 18.2 Å². The maximum absolute atomic E-state index is 6.09. The Balaban J connectivity index is 0.00000243. The van der Waals surface area contributed by atoms with E-state index in [1.807, 2.05) is 37.4 Å². The third-order valence-electron chi connectivity index (χ3n) is 5.39. The molecule has 3 rings (SSSR count). The van der Waals surface area contributed by atoms with Crippen molar-refractivity contribution >= 4 is 29.9 Å². The lowest BCUT2D eigenvalue weighted by Gasteiger charge is -2.35. The quantitative estimate of drug-likeness (QED) is 0.416. The van der Waals surface area contributed by atoms with E-state index in [1.165, 1.54) is 25.9 Å². The van der Waals surface area contributed by atoms with Crippen LogP contribution in [0.2, 0.25) is 0 Å². The number of ether oxygens (including phenoxy) is 1. The largest absolute Gasteiger partial charge is 0.490 e. The molecule has 0 spiro atoms. The van der Waals surface area contributed by atoms with Gasteiger partial charge in [0.15, 0.2) is 5.96 Å². The molecule has 1 aromatic carbocycles. The van der Waals surface area contributed by atoms with Crippen LogP contribution in [0, 0.1) is 5.92 Å². The summed E-state index contributed by atoms with van der Waals surface area (Å²) in [6.07, 6.45) is 4.97. The molecular weight excluding hydrogens is 439 g/mol. The summed E-state index contributed by atoms with van der Waals surface area (Å²) < 4.78 is 6.09. The molecular formula is C20H33IN4O. The van der Waals surface area contributed by atoms with Crippen LogP contribution in [0.15, 0.2) is 35.3 Å². The molecule has 2 aliphatic heterocycles. The Morgan fingerprint density at radius 1 is 1.08 bits per heavy atom. The van der Waals surface area contributed by atoms with E-state index >= 15 is 0 Å². The van der Waals surface area contributed by atoms with E-state index < -0.39 is 0 Å². The molecule has 0 unspecified atom stereocenters. The van der Waals surface area contributed by atoms with E-state index in [4.69, 9.17) is 4.74 Å². The lowest BCUT2D eigenvalue weighted by molar-refractivity contribution is 0.129. The molecule has 0 atom stereocenters. The molecule has 5 nitrogen and oxygen atoms in total. The van der Waals surface area contributed by atoms with Gasteiger partial charge in [0.05, 0.1) is 0 Å². The highest BCUT2D eigenvalue weighted by molar-refractivity contribution is 14.0. The van der Waals surface area contributed by atoms with Crippen molar-refractivity contribution in [2.75, 3.05) is 46.8 Å². The van der Waals surface area contributed by atoms with Crippen molar-refractivity contribution in [3.63, 3.8) is 0 Å². The van der Waals surface area contributed by atoms with Crippen molar-refractivity contribution in [1.82, 2.24) is 15.1 Å². The Morgan fingerprint density at radius 3 is 2.35 bits per heavy atom. The number of rotatable bonds is 4. The molecule has 1 N–H and O–H groups in total. The van der Waals surface area contributed by atoms with Crippen molar-refractivity contribution < 1.29 is 4.74 Å². The number of piperidine rings is 2. The minimum atomic E-state index is 0. The number of hydrogen-bond acceptors (Lipinski definition) is 3. The van der Waals surface area contributed by atoms with Gasteiger partial charge in [-0.15, -0.1) is 24.0 Å². The van der Waals surface area contributed by atoms with Gasteiger partial charge in [-0.2, -0.15) is 0 Å². The maximum Gasteiger partial charge on any atom is 0.193 e. The summed E-state index contributed by atoms with van der Waals surface area (Å²) in [4.78, 5) is 9.29. The molecule has 2 aliphatic rings. The van der Waals surface area contributed by atoms with E-state index in [-0.39, 0.29) is 24.0 Å². The summed E-state index contributed by atoms with van der Waals surface area (Å²) in [5.41, 5.74) is 0. The van der Waals surface area contributed by atoms with Gasteiger partial charge >= 0.3 is 0 Å². The highest BCUT2D eigenvalue weighted by Crippen LogP contribution is 2.19. The van der Waals surface area contributed by atoms with Gasteiger partial charge in [0, 0.05) is 39.5 Å². The van der Waals surface area contributed by atoms with Gasteiger partial charge in [-0.3, -0.25) is 4.99 Å². The van der Waals surface area contributed by atoms with E-state index in [2.05, 4.69) is 27.2 Å². The van der Waals surface area contributed by atoms with Crippen LogP contribution in [0.25, 0.3) is 0 Å². The van der Waals surface area contributed by atoms with E-state index in [9.17, 15) is 0 Å². The van der Waals surface area contributed by atoms with Gasteiger partial charge in [-0.05, 0) is 51.0 Å². The smallest absolute Gasteiger partial charge is 0.193 e. The number of guanidine groups is 1. The fourth-order valence-electron chi connectivity index (χ4n) is 3.71. The first kappa shape index (κ1) is 21.3. The number of halogens is 1. The minimum Gasteiger partial charge on any atom is -0.490 e. The Labute approximate surface area is 175 Å². The molecule has 0 radical (unpaired) electrons. The second kappa shape index (κ2) is 11.0. The number of nitrogens with zero attached hydrogens (tertiary/aromatic N) is 3. The zero-order valence-corrected chi connectivity index (χ0v) is 18.4. The normalized spacial score (nSPS) is 20.5. The maximum atomic E-state index is 6.09. The Kier molecular flexibility index (Phi) is 8.98. The highest BCUT2D eigenvalue weighted by atomic mass is 127. The summed E-state index contributed by atoms with van der Waals surface area (Å²) in [6, 6.07) is 10.1. The average molecular weight is 472 g/mol. The number of nitrogens with one attached hydrogen (secondary N) is 1. The number of hydrogen-bond donors (Lipinski definition) is 1. The van der Waals surface area contributed by atoms with Gasteiger partial charge < -0.3 is 19.9 Å². The predicted octanol–water partition coefficient (Wildman–Crippen LogP) is 3.07. The summed E-state index contributed by atoms with van der Waals surface area (Å²) in [5.74, 6) is 2.80. The first-order valence-electron chi connectivity index (χ1n) is 9.60. The van der Waals surface area contributed by atoms with Crippen molar-refractivity contribution in [3.05, 3.63) is 30.3 Å². The van der Waals surface area contributed by atoms with Gasteiger partial charge in [0.25, 0.3) is 0 Å². The third-order valence-corrected chi connectivity index (χ3v) is 5.39. The monoisotopic (exact) mass is 472 g/mol. The van der Waals surface area contributed by atoms with Crippen molar-refractivity contribution in [1.29, 1.82) is 0 Å². The van der Waals surface area contributed by atoms with Gasteiger partial charge in [-0.25, -0.2) is 0 Å². The van der Waals surface area contributed by atoms with Crippen molar-refractivity contribution in [2.45, 2.75) is 31.8 Å². The van der Waals surface area contributed by atoms with Crippen LogP contribution < -0.4 is 10.1 Å².